The normalized spacial score (nSPS) is 13.6. The second-order valence-corrected chi connectivity index (χ2v) is 25.9. The first kappa shape index (κ1) is 62.4. The molecule has 438 valence electrons. The van der Waals surface area contributed by atoms with Gasteiger partial charge >= 0.3 is 5.97 Å². The predicted molar refractivity (Wildman–Crippen MR) is 350 cm³/mol. The van der Waals surface area contributed by atoms with Crippen molar-refractivity contribution in [3.05, 3.63) is 130 Å². The van der Waals surface area contributed by atoms with E-state index in [1.807, 2.05) is 17.4 Å². The highest BCUT2D eigenvalue weighted by atomic mass is 32.1. The van der Waals surface area contributed by atoms with Crippen LogP contribution >= 0.6 is 22.7 Å². The number of hydrogen-bond acceptors (Lipinski definition) is 7. The largest absolute Gasteiger partial charge is 0.494 e. The van der Waals surface area contributed by atoms with Crippen LogP contribution in [-0.4, -0.2) is 24.3 Å². The molecule has 2 heterocycles. The lowest BCUT2D eigenvalue weighted by Crippen LogP contribution is -2.27. The van der Waals surface area contributed by atoms with E-state index in [-0.39, 0.29) is 16.4 Å². The minimum Gasteiger partial charge on any atom is -0.494 e. The van der Waals surface area contributed by atoms with Gasteiger partial charge in [-0.2, -0.15) is 5.26 Å². The number of anilines is 3. The molecule has 0 amide bonds. The molecular formula is C74H96N2O4S2. The Morgan fingerprint density at radius 2 is 0.866 bits per heavy atom. The Bertz CT molecular complexity index is 2930. The molecule has 0 fully saturated rings. The summed E-state index contributed by atoms with van der Waals surface area (Å²) < 4.78 is 12.4. The molecule has 0 bridgehead atoms. The maximum atomic E-state index is 12.3. The Morgan fingerprint density at radius 1 is 0.488 bits per heavy atom. The van der Waals surface area contributed by atoms with Crippen LogP contribution < -0.4 is 14.4 Å². The number of thiophene rings is 2. The third-order valence-electron chi connectivity index (χ3n) is 17.8. The van der Waals surface area contributed by atoms with Crippen LogP contribution in [0.2, 0.25) is 0 Å². The first-order valence-electron chi connectivity index (χ1n) is 32.4. The molecule has 0 unspecified atom stereocenters. The Morgan fingerprint density at radius 3 is 1.26 bits per heavy atom. The van der Waals surface area contributed by atoms with Crippen LogP contribution in [0.5, 0.6) is 11.5 Å². The summed E-state index contributed by atoms with van der Waals surface area (Å²) in [4.78, 5) is 19.6. The highest BCUT2D eigenvalue weighted by Crippen LogP contribution is 2.64. The van der Waals surface area contributed by atoms with Gasteiger partial charge in [-0.15, -0.1) is 22.7 Å². The van der Waals surface area contributed by atoms with Crippen LogP contribution in [0.15, 0.2) is 103 Å². The molecule has 6 nitrogen and oxygen atoms in total. The molecule has 2 aliphatic carbocycles. The third kappa shape index (κ3) is 14.8. The van der Waals surface area contributed by atoms with Gasteiger partial charge in [-0.1, -0.05) is 195 Å². The molecule has 0 spiro atoms. The molecule has 0 saturated heterocycles. The summed E-state index contributed by atoms with van der Waals surface area (Å²) in [6.07, 6.45) is 34.7. The van der Waals surface area contributed by atoms with Crippen molar-refractivity contribution in [3.8, 4) is 48.9 Å². The number of aliphatic carboxylic acids is 1. The molecule has 0 radical (unpaired) electrons. The van der Waals surface area contributed by atoms with E-state index >= 15 is 0 Å². The van der Waals surface area contributed by atoms with Gasteiger partial charge in [0.05, 0.1) is 13.2 Å². The van der Waals surface area contributed by atoms with Gasteiger partial charge in [0.1, 0.15) is 23.1 Å². The van der Waals surface area contributed by atoms with Gasteiger partial charge in [0.2, 0.25) is 0 Å². The van der Waals surface area contributed by atoms with Crippen molar-refractivity contribution in [1.82, 2.24) is 0 Å². The number of carboxylic acid groups (broad SMARTS) is 1. The van der Waals surface area contributed by atoms with Crippen molar-refractivity contribution in [1.29, 1.82) is 5.26 Å². The molecule has 82 heavy (non-hydrogen) atoms. The van der Waals surface area contributed by atoms with E-state index in [4.69, 9.17) is 9.47 Å². The fourth-order valence-corrected chi connectivity index (χ4v) is 15.8. The maximum absolute atomic E-state index is 12.3. The number of fused-ring (bicyclic) bond motifs is 6. The van der Waals surface area contributed by atoms with Gasteiger partial charge in [0.15, 0.2) is 0 Å². The van der Waals surface area contributed by atoms with Crippen molar-refractivity contribution in [2.24, 2.45) is 0 Å². The lowest BCUT2D eigenvalue weighted by molar-refractivity contribution is -0.132. The van der Waals surface area contributed by atoms with E-state index in [1.54, 1.807) is 17.4 Å². The second-order valence-electron chi connectivity index (χ2n) is 23.8. The van der Waals surface area contributed by atoms with Crippen molar-refractivity contribution in [2.45, 2.75) is 232 Å². The molecule has 1 N–H and O–H groups in total. The standard InChI is InChI=1S/C74H96N2O4S2/c1-7-13-19-25-43-73(44-26-20-14-8-2)65-52-64-66(51-63(65)70-67(73)50-62(81-70)49-56(54-75)72(77)78)74(45-27-21-15-9-3,46-28-22-16-10-4)68-53-69(82-71(64)68)55-31-33-57(34-32-55)76(58-35-39-60(40-36-58)79-47-29-23-17-11-5)59-37-41-61(42-38-59)80-48-30-24-18-12-6/h31-42,49-53H,7-30,43-48H2,1-6H3,(H,77,78)/b56-49-. The Kier molecular flexibility index (Phi) is 23.8. The smallest absolute Gasteiger partial charge is 0.346 e. The summed E-state index contributed by atoms with van der Waals surface area (Å²) in [5.41, 5.74) is 12.7. The monoisotopic (exact) mass is 1140 g/mol. The first-order valence-corrected chi connectivity index (χ1v) is 34.0. The van der Waals surface area contributed by atoms with Crippen molar-refractivity contribution in [2.75, 3.05) is 18.1 Å². The van der Waals surface area contributed by atoms with Crippen LogP contribution in [0.25, 0.3) is 37.4 Å². The van der Waals surface area contributed by atoms with Gasteiger partial charge in [-0.25, -0.2) is 4.79 Å². The van der Waals surface area contributed by atoms with E-state index in [0.717, 1.165) is 98.0 Å². The zero-order chi connectivity index (χ0) is 57.7. The molecule has 0 atom stereocenters. The summed E-state index contributed by atoms with van der Waals surface area (Å²) in [6.45, 7) is 15.2. The Hall–Kier alpha value is -5.62. The Balaban J connectivity index is 1.23. The van der Waals surface area contributed by atoms with E-state index in [9.17, 15) is 15.2 Å². The van der Waals surface area contributed by atoms with Crippen molar-refractivity contribution < 1.29 is 19.4 Å². The number of rotatable bonds is 38. The fourth-order valence-electron chi connectivity index (χ4n) is 13.3. The van der Waals surface area contributed by atoms with Gasteiger partial charge in [0, 0.05) is 47.4 Å². The number of unbranched alkanes of at least 4 members (excludes halogenated alkanes) is 18. The SMILES string of the molecule is CCCCCCOc1ccc(N(c2ccc(OCCCCCC)cc2)c2ccc(-c3cc4c(s3)-c3cc5c(cc3C4(CCCCCC)CCCCCC)-c3sc(/C=C(/C#N)C(=O)O)cc3C5(CCCCCC)CCCCCC)cc2)cc1. The number of ether oxygens (including phenoxy) is 2. The van der Waals surface area contributed by atoms with Crippen molar-refractivity contribution >= 4 is 51.8 Å². The van der Waals surface area contributed by atoms with Crippen LogP contribution in [0.3, 0.4) is 0 Å². The molecule has 8 rings (SSSR count). The third-order valence-corrected chi connectivity index (χ3v) is 20.1. The molecule has 2 aliphatic rings. The molecule has 2 aromatic heterocycles. The number of carboxylic acids is 1. The van der Waals surface area contributed by atoms with Crippen molar-refractivity contribution in [3.63, 3.8) is 0 Å². The highest BCUT2D eigenvalue weighted by Gasteiger charge is 2.49. The summed E-state index contributed by atoms with van der Waals surface area (Å²) >= 11 is 3.70. The average Bonchev–Trinajstić information content (AvgIpc) is 1.83. The lowest BCUT2D eigenvalue weighted by Gasteiger charge is -2.34. The van der Waals surface area contributed by atoms with Gasteiger partial charge < -0.3 is 19.5 Å². The topological polar surface area (TPSA) is 82.8 Å². The first-order chi connectivity index (χ1) is 40.2. The Labute approximate surface area is 502 Å². The fraction of sp³-hybridized carbons (Fsp3) is 0.514. The minimum atomic E-state index is -1.17. The number of nitrogens with zero attached hydrogens (tertiary/aromatic N) is 2. The van der Waals surface area contributed by atoms with E-state index < -0.39 is 5.97 Å². The van der Waals surface area contributed by atoms with E-state index in [0.29, 0.717) is 0 Å². The van der Waals surface area contributed by atoms with Crippen LogP contribution in [0.1, 0.15) is 248 Å². The van der Waals surface area contributed by atoms with Crippen LogP contribution in [-0.2, 0) is 15.6 Å². The average molecular weight is 1140 g/mol. The molecule has 6 aromatic rings. The van der Waals surface area contributed by atoms with Gasteiger partial charge in [0.25, 0.3) is 0 Å². The summed E-state index contributed by atoms with van der Waals surface area (Å²) in [6, 6.07) is 38.8. The predicted octanol–water partition coefficient (Wildman–Crippen LogP) is 23.3. The van der Waals surface area contributed by atoms with Gasteiger partial charge in [-0.3, -0.25) is 0 Å². The van der Waals surface area contributed by atoms with Crippen LogP contribution in [0.4, 0.5) is 17.1 Å². The zero-order valence-electron chi connectivity index (χ0n) is 50.9. The molecule has 0 saturated carbocycles. The van der Waals surface area contributed by atoms with E-state index in [1.165, 1.54) is 182 Å². The van der Waals surface area contributed by atoms with E-state index in [2.05, 4.69) is 144 Å². The summed E-state index contributed by atoms with van der Waals surface area (Å²) in [5.74, 6) is 0.642. The quantitative estimate of drug-likeness (QED) is 0.0236. The molecular weight excluding hydrogens is 1040 g/mol. The summed E-state index contributed by atoms with van der Waals surface area (Å²) in [7, 11) is 0. The number of carbonyl (C=O) groups is 1. The zero-order valence-corrected chi connectivity index (χ0v) is 52.5. The summed E-state index contributed by atoms with van der Waals surface area (Å²) in [5, 5.41) is 20.0. The minimum absolute atomic E-state index is 0.117. The number of benzene rings is 4. The molecule has 0 aliphatic heterocycles. The number of hydrogen-bond donors (Lipinski definition) is 1. The molecule has 8 heteroatoms. The van der Waals surface area contributed by atoms with Crippen LogP contribution in [0, 0.1) is 11.3 Å². The molecule has 4 aromatic carbocycles. The lowest BCUT2D eigenvalue weighted by atomic mass is 9.68. The second kappa shape index (κ2) is 31.3. The van der Waals surface area contributed by atoms with Gasteiger partial charge in [-0.05, 0) is 168 Å². The number of nitriles is 1. The maximum Gasteiger partial charge on any atom is 0.346 e. The highest BCUT2D eigenvalue weighted by molar-refractivity contribution is 7.19.